The normalized spacial score (nSPS) is 27.9. The van der Waals surface area contributed by atoms with Crippen LogP contribution in [0.15, 0.2) is 18.2 Å². The highest BCUT2D eigenvalue weighted by atomic mass is 79.9. The third-order valence-electron chi connectivity index (χ3n) is 3.85. The minimum atomic E-state index is -0.125. The number of hydrogen-bond donors (Lipinski definition) is 0. The average molecular weight is 327 g/mol. The molecule has 0 N–H and O–H groups in total. The summed E-state index contributed by atoms with van der Waals surface area (Å²) in [7, 11) is 0. The lowest BCUT2D eigenvalue weighted by Gasteiger charge is -2.29. The predicted molar refractivity (Wildman–Crippen MR) is 77.3 cm³/mol. The fourth-order valence-corrected chi connectivity index (χ4v) is 3.34. The molecule has 3 nitrogen and oxygen atoms in total. The van der Waals surface area contributed by atoms with Crippen LogP contribution in [0.3, 0.4) is 0 Å². The summed E-state index contributed by atoms with van der Waals surface area (Å²) in [6.45, 7) is 4.47. The van der Waals surface area contributed by atoms with Gasteiger partial charge in [-0.1, -0.05) is 22.0 Å². The Morgan fingerprint density at radius 2 is 1.89 bits per heavy atom. The molecule has 0 saturated carbocycles. The highest BCUT2D eigenvalue weighted by Crippen LogP contribution is 2.45. The van der Waals surface area contributed by atoms with Crippen molar-refractivity contribution in [3.05, 3.63) is 23.8 Å². The monoisotopic (exact) mass is 326 g/mol. The van der Waals surface area contributed by atoms with E-state index in [0.29, 0.717) is 0 Å². The zero-order chi connectivity index (χ0) is 13.3. The first-order valence-corrected chi connectivity index (χ1v) is 7.78. The largest absolute Gasteiger partial charge is 0.490 e. The van der Waals surface area contributed by atoms with Gasteiger partial charge in [-0.2, -0.15) is 0 Å². The number of alkyl halides is 1. The molecule has 0 radical (unpaired) electrons. The lowest BCUT2D eigenvalue weighted by molar-refractivity contribution is 0.0197. The average Bonchev–Trinajstić information content (AvgIpc) is 2.74. The van der Waals surface area contributed by atoms with E-state index in [1.165, 1.54) is 5.56 Å². The summed E-state index contributed by atoms with van der Waals surface area (Å²) < 4.78 is 17.3. The SMILES string of the molecule is CC1(C(Br)c2ccc3c(c2)OCCCO3)CCCO1. The van der Waals surface area contributed by atoms with Gasteiger partial charge in [0.15, 0.2) is 11.5 Å². The van der Waals surface area contributed by atoms with Crippen LogP contribution in [0.1, 0.15) is 36.6 Å². The molecular formula is C15H19BrO3. The molecule has 3 rings (SSSR count). The molecule has 2 aliphatic rings. The second kappa shape index (κ2) is 5.33. The highest BCUT2D eigenvalue weighted by molar-refractivity contribution is 9.09. The molecule has 1 aromatic rings. The number of benzene rings is 1. The number of halogens is 1. The van der Waals surface area contributed by atoms with Crippen LogP contribution in [0, 0.1) is 0 Å². The Morgan fingerprint density at radius 3 is 2.63 bits per heavy atom. The summed E-state index contributed by atoms with van der Waals surface area (Å²) in [6.07, 6.45) is 3.14. The van der Waals surface area contributed by atoms with Gasteiger partial charge in [-0.3, -0.25) is 0 Å². The van der Waals surface area contributed by atoms with E-state index in [0.717, 1.165) is 50.6 Å². The van der Waals surface area contributed by atoms with E-state index < -0.39 is 0 Å². The van der Waals surface area contributed by atoms with Gasteiger partial charge < -0.3 is 14.2 Å². The van der Waals surface area contributed by atoms with Gasteiger partial charge in [0, 0.05) is 13.0 Å². The number of ether oxygens (including phenoxy) is 3. The van der Waals surface area contributed by atoms with Crippen molar-refractivity contribution in [3.8, 4) is 11.5 Å². The van der Waals surface area contributed by atoms with Crippen LogP contribution in [0.25, 0.3) is 0 Å². The quantitative estimate of drug-likeness (QED) is 0.772. The van der Waals surface area contributed by atoms with Crippen molar-refractivity contribution >= 4 is 15.9 Å². The lowest BCUT2D eigenvalue weighted by atomic mass is 9.93. The molecule has 0 aliphatic carbocycles. The molecule has 0 aromatic heterocycles. The maximum atomic E-state index is 5.91. The molecule has 2 aliphatic heterocycles. The summed E-state index contributed by atoms with van der Waals surface area (Å²) in [4.78, 5) is 0.180. The van der Waals surface area contributed by atoms with Gasteiger partial charge in [-0.25, -0.2) is 0 Å². The van der Waals surface area contributed by atoms with Gasteiger partial charge in [-0.15, -0.1) is 0 Å². The second-order valence-electron chi connectivity index (χ2n) is 5.38. The fourth-order valence-electron chi connectivity index (χ4n) is 2.69. The van der Waals surface area contributed by atoms with E-state index in [1.54, 1.807) is 0 Å². The number of rotatable bonds is 2. The van der Waals surface area contributed by atoms with Gasteiger partial charge >= 0.3 is 0 Å². The Balaban J connectivity index is 1.87. The molecular weight excluding hydrogens is 308 g/mol. The predicted octanol–water partition coefficient (Wildman–Crippen LogP) is 3.85. The van der Waals surface area contributed by atoms with E-state index in [9.17, 15) is 0 Å². The lowest BCUT2D eigenvalue weighted by Crippen LogP contribution is -2.28. The van der Waals surface area contributed by atoms with Crippen molar-refractivity contribution in [3.63, 3.8) is 0 Å². The number of hydrogen-bond acceptors (Lipinski definition) is 3. The zero-order valence-corrected chi connectivity index (χ0v) is 12.7. The van der Waals surface area contributed by atoms with Crippen LogP contribution in [0.5, 0.6) is 11.5 Å². The maximum absolute atomic E-state index is 5.91. The number of fused-ring (bicyclic) bond motifs is 1. The molecule has 4 heteroatoms. The minimum absolute atomic E-state index is 0.125. The van der Waals surface area contributed by atoms with Crippen LogP contribution in [-0.2, 0) is 4.74 Å². The van der Waals surface area contributed by atoms with Gasteiger partial charge in [0.25, 0.3) is 0 Å². The van der Waals surface area contributed by atoms with Gasteiger partial charge in [-0.05, 0) is 37.5 Å². The summed E-state index contributed by atoms with van der Waals surface area (Å²) >= 11 is 3.79. The van der Waals surface area contributed by atoms with Crippen molar-refractivity contribution in [2.24, 2.45) is 0 Å². The molecule has 1 fully saturated rings. The van der Waals surface area contributed by atoms with Crippen molar-refractivity contribution in [2.75, 3.05) is 19.8 Å². The van der Waals surface area contributed by atoms with Crippen molar-refractivity contribution in [1.82, 2.24) is 0 Å². The van der Waals surface area contributed by atoms with Crippen molar-refractivity contribution < 1.29 is 14.2 Å². The van der Waals surface area contributed by atoms with Crippen LogP contribution in [0.4, 0.5) is 0 Å². The highest BCUT2D eigenvalue weighted by Gasteiger charge is 2.38. The summed E-state index contributed by atoms with van der Waals surface area (Å²) in [5.41, 5.74) is 1.06. The van der Waals surface area contributed by atoms with Crippen LogP contribution in [0.2, 0.25) is 0 Å². The minimum Gasteiger partial charge on any atom is -0.490 e. The van der Waals surface area contributed by atoms with Gasteiger partial charge in [0.2, 0.25) is 0 Å². The van der Waals surface area contributed by atoms with Gasteiger partial charge in [0.05, 0.1) is 23.6 Å². The van der Waals surface area contributed by atoms with E-state index in [1.807, 2.05) is 6.07 Å². The van der Waals surface area contributed by atoms with Crippen molar-refractivity contribution in [1.29, 1.82) is 0 Å². The molecule has 19 heavy (non-hydrogen) atoms. The summed E-state index contributed by atoms with van der Waals surface area (Å²) in [5.74, 6) is 1.69. The van der Waals surface area contributed by atoms with Crippen LogP contribution >= 0.6 is 15.9 Å². The Hall–Kier alpha value is -0.740. The molecule has 2 unspecified atom stereocenters. The first-order valence-electron chi connectivity index (χ1n) is 6.87. The Kier molecular flexibility index (Phi) is 3.72. The molecule has 1 aromatic carbocycles. The summed E-state index contributed by atoms with van der Waals surface area (Å²) in [6, 6.07) is 6.18. The molecule has 2 heterocycles. The third-order valence-corrected chi connectivity index (χ3v) is 5.35. The van der Waals surface area contributed by atoms with Crippen LogP contribution < -0.4 is 9.47 Å². The first-order chi connectivity index (χ1) is 9.19. The first kappa shape index (κ1) is 13.3. The fraction of sp³-hybridized carbons (Fsp3) is 0.600. The van der Waals surface area contributed by atoms with Crippen molar-refractivity contribution in [2.45, 2.75) is 36.6 Å². The van der Waals surface area contributed by atoms with E-state index >= 15 is 0 Å². The summed E-state index contributed by atoms with van der Waals surface area (Å²) in [5, 5.41) is 0. The van der Waals surface area contributed by atoms with Gasteiger partial charge in [0.1, 0.15) is 0 Å². The molecule has 2 atom stereocenters. The smallest absolute Gasteiger partial charge is 0.161 e. The molecule has 0 spiro atoms. The Bertz CT molecular complexity index is 455. The molecule has 0 bridgehead atoms. The molecule has 104 valence electrons. The van der Waals surface area contributed by atoms with E-state index in [-0.39, 0.29) is 10.4 Å². The van der Waals surface area contributed by atoms with Crippen LogP contribution in [-0.4, -0.2) is 25.4 Å². The zero-order valence-electron chi connectivity index (χ0n) is 11.2. The molecule has 1 saturated heterocycles. The topological polar surface area (TPSA) is 27.7 Å². The van der Waals surface area contributed by atoms with E-state index in [4.69, 9.17) is 14.2 Å². The molecule has 0 amide bonds. The van der Waals surface area contributed by atoms with E-state index in [2.05, 4.69) is 35.0 Å². The maximum Gasteiger partial charge on any atom is 0.161 e. The standard InChI is InChI=1S/C15H19BrO3/c1-15(6-2-9-19-15)14(16)11-4-5-12-13(10-11)18-8-3-7-17-12/h4-5,10,14H,2-3,6-9H2,1H3. The third kappa shape index (κ3) is 2.61. The Labute approximate surface area is 122 Å². The second-order valence-corrected chi connectivity index (χ2v) is 6.30. The Morgan fingerprint density at radius 1 is 1.11 bits per heavy atom.